The van der Waals surface area contributed by atoms with Crippen molar-refractivity contribution < 1.29 is 0 Å². The summed E-state index contributed by atoms with van der Waals surface area (Å²) in [6, 6.07) is 5.30. The molecule has 158 valence electrons. The van der Waals surface area contributed by atoms with E-state index in [2.05, 4.69) is 41.1 Å². The predicted molar refractivity (Wildman–Crippen MR) is 114 cm³/mol. The van der Waals surface area contributed by atoms with Crippen molar-refractivity contribution in [2.45, 2.75) is 58.0 Å². The van der Waals surface area contributed by atoms with Gasteiger partial charge in [0.15, 0.2) is 0 Å². The van der Waals surface area contributed by atoms with E-state index in [9.17, 15) is 9.59 Å². The standard InChI is InChI=1S/C21H32N6O2/c1-21(2,3)17-8-9-19(28)27(24-17)12-11-26-10-6-5-7-16(26)14-22-18-13-20(29)25(4)15-23-18/h8-9,13,15-16,22H,5-7,10-12,14H2,1-4H3. The zero-order valence-electron chi connectivity index (χ0n) is 17.9. The van der Waals surface area contributed by atoms with E-state index in [1.807, 2.05) is 6.07 Å². The van der Waals surface area contributed by atoms with Gasteiger partial charge in [-0.3, -0.25) is 14.5 Å². The van der Waals surface area contributed by atoms with Gasteiger partial charge in [-0.05, 0) is 25.5 Å². The minimum atomic E-state index is -0.0905. The summed E-state index contributed by atoms with van der Waals surface area (Å²) < 4.78 is 3.04. The molecule has 8 nitrogen and oxygen atoms in total. The summed E-state index contributed by atoms with van der Waals surface area (Å²) in [5, 5.41) is 7.88. The maximum Gasteiger partial charge on any atom is 0.266 e. The van der Waals surface area contributed by atoms with Crippen LogP contribution in [0, 0.1) is 0 Å². The number of nitrogens with one attached hydrogen (secondary N) is 1. The van der Waals surface area contributed by atoms with Gasteiger partial charge in [0.25, 0.3) is 11.1 Å². The lowest BCUT2D eigenvalue weighted by atomic mass is 9.92. The second-order valence-corrected chi connectivity index (χ2v) is 8.82. The molecule has 1 N–H and O–H groups in total. The maximum atomic E-state index is 12.3. The van der Waals surface area contributed by atoms with Crippen LogP contribution < -0.4 is 16.4 Å². The van der Waals surface area contributed by atoms with E-state index in [1.54, 1.807) is 17.8 Å². The average molecular weight is 401 g/mol. The number of rotatable bonds is 6. The normalized spacial score (nSPS) is 18.0. The maximum absolute atomic E-state index is 12.3. The zero-order valence-corrected chi connectivity index (χ0v) is 17.9. The molecule has 29 heavy (non-hydrogen) atoms. The molecule has 1 atom stereocenters. The molecule has 2 aromatic rings. The molecule has 0 spiro atoms. The van der Waals surface area contributed by atoms with Crippen molar-refractivity contribution in [3.8, 4) is 0 Å². The fourth-order valence-corrected chi connectivity index (χ4v) is 3.60. The molecule has 8 heteroatoms. The minimum absolute atomic E-state index is 0.0611. The van der Waals surface area contributed by atoms with Crippen LogP contribution in [-0.2, 0) is 19.0 Å². The van der Waals surface area contributed by atoms with Crippen molar-refractivity contribution in [3.63, 3.8) is 0 Å². The van der Waals surface area contributed by atoms with E-state index < -0.39 is 0 Å². The molecule has 3 heterocycles. The van der Waals surface area contributed by atoms with Gasteiger partial charge >= 0.3 is 0 Å². The first-order valence-electron chi connectivity index (χ1n) is 10.3. The topological polar surface area (TPSA) is 85.1 Å². The number of nitrogens with zero attached hydrogens (tertiary/aromatic N) is 5. The van der Waals surface area contributed by atoms with E-state index in [0.717, 1.165) is 38.2 Å². The number of aryl methyl sites for hydroxylation is 1. The van der Waals surface area contributed by atoms with Gasteiger partial charge < -0.3 is 9.88 Å². The third-order valence-corrected chi connectivity index (χ3v) is 5.48. The Morgan fingerprint density at radius 2 is 1.93 bits per heavy atom. The van der Waals surface area contributed by atoms with Crippen molar-refractivity contribution in [2.75, 3.05) is 25.0 Å². The van der Waals surface area contributed by atoms with Crippen molar-refractivity contribution >= 4 is 5.82 Å². The molecule has 0 amide bonds. The Morgan fingerprint density at radius 1 is 1.14 bits per heavy atom. The number of hydrogen-bond donors (Lipinski definition) is 1. The molecule has 0 aromatic carbocycles. The van der Waals surface area contributed by atoms with Crippen LogP contribution in [-0.4, -0.2) is 49.9 Å². The number of hydrogen-bond acceptors (Lipinski definition) is 6. The summed E-state index contributed by atoms with van der Waals surface area (Å²) in [6.07, 6.45) is 4.96. The highest BCUT2D eigenvalue weighted by atomic mass is 16.1. The average Bonchev–Trinajstić information content (AvgIpc) is 2.68. The Hall–Kier alpha value is -2.48. The van der Waals surface area contributed by atoms with Crippen LogP contribution in [0.5, 0.6) is 0 Å². The van der Waals surface area contributed by atoms with Gasteiger partial charge in [0.05, 0.1) is 18.6 Å². The third kappa shape index (κ3) is 5.53. The SMILES string of the molecule is Cn1cnc(NCC2CCCCN2CCn2nc(C(C)(C)C)ccc2=O)cc1=O. The summed E-state index contributed by atoms with van der Waals surface area (Å²) in [7, 11) is 1.69. The number of likely N-dealkylation sites (tertiary alicyclic amines) is 1. The highest BCUT2D eigenvalue weighted by molar-refractivity contribution is 5.32. The van der Waals surface area contributed by atoms with Crippen LogP contribution in [0.15, 0.2) is 34.1 Å². The summed E-state index contributed by atoms with van der Waals surface area (Å²) in [5.74, 6) is 0.606. The lowest BCUT2D eigenvalue weighted by Gasteiger charge is -2.36. The Labute approximate surface area is 171 Å². The van der Waals surface area contributed by atoms with Gasteiger partial charge in [-0.25, -0.2) is 9.67 Å². The fourth-order valence-electron chi connectivity index (χ4n) is 3.60. The molecule has 0 bridgehead atoms. The molecular weight excluding hydrogens is 368 g/mol. The molecule has 1 aliphatic heterocycles. The van der Waals surface area contributed by atoms with Crippen LogP contribution in [0.2, 0.25) is 0 Å². The molecule has 2 aromatic heterocycles. The monoisotopic (exact) mass is 400 g/mol. The molecule has 1 unspecified atom stereocenters. The van der Waals surface area contributed by atoms with Crippen LogP contribution >= 0.6 is 0 Å². The Morgan fingerprint density at radius 3 is 2.66 bits per heavy atom. The first kappa shape index (κ1) is 21.2. The molecule has 1 saturated heterocycles. The largest absolute Gasteiger partial charge is 0.368 e. The predicted octanol–water partition coefficient (Wildman–Crippen LogP) is 1.60. The molecule has 0 radical (unpaired) electrons. The molecule has 3 rings (SSSR count). The first-order valence-corrected chi connectivity index (χ1v) is 10.3. The zero-order chi connectivity index (χ0) is 21.0. The van der Waals surface area contributed by atoms with Crippen LogP contribution in [0.1, 0.15) is 45.7 Å². The summed E-state index contributed by atoms with van der Waals surface area (Å²) in [4.78, 5) is 30.7. The lowest BCUT2D eigenvalue weighted by Crippen LogP contribution is -2.46. The minimum Gasteiger partial charge on any atom is -0.368 e. The van der Waals surface area contributed by atoms with Gasteiger partial charge in [-0.15, -0.1) is 0 Å². The van der Waals surface area contributed by atoms with E-state index in [1.165, 1.54) is 23.4 Å². The number of aromatic nitrogens is 4. The summed E-state index contributed by atoms with van der Waals surface area (Å²) in [5.41, 5.74) is 0.694. The van der Waals surface area contributed by atoms with Crippen LogP contribution in [0.4, 0.5) is 5.82 Å². The Kier molecular flexibility index (Phi) is 6.52. The molecule has 0 aliphatic carbocycles. The van der Waals surface area contributed by atoms with Gasteiger partial charge in [0, 0.05) is 43.7 Å². The second-order valence-electron chi connectivity index (χ2n) is 8.82. The summed E-state index contributed by atoms with van der Waals surface area (Å²) >= 11 is 0. The highest BCUT2D eigenvalue weighted by Crippen LogP contribution is 2.19. The Bertz CT molecular complexity index is 943. The second kappa shape index (κ2) is 8.90. The smallest absolute Gasteiger partial charge is 0.266 e. The molecule has 0 saturated carbocycles. The van der Waals surface area contributed by atoms with Gasteiger partial charge in [-0.2, -0.15) is 5.10 Å². The Balaban J connectivity index is 1.63. The summed E-state index contributed by atoms with van der Waals surface area (Å²) in [6.45, 7) is 9.37. The molecule has 1 fully saturated rings. The van der Waals surface area contributed by atoms with Gasteiger partial charge in [-0.1, -0.05) is 27.2 Å². The number of anilines is 1. The lowest BCUT2D eigenvalue weighted by molar-refractivity contribution is 0.147. The van der Waals surface area contributed by atoms with E-state index in [-0.39, 0.29) is 16.5 Å². The van der Waals surface area contributed by atoms with Gasteiger partial charge in [0.2, 0.25) is 0 Å². The van der Waals surface area contributed by atoms with Gasteiger partial charge in [0.1, 0.15) is 5.82 Å². The third-order valence-electron chi connectivity index (χ3n) is 5.48. The highest BCUT2D eigenvalue weighted by Gasteiger charge is 2.23. The van der Waals surface area contributed by atoms with Crippen molar-refractivity contribution in [2.24, 2.45) is 7.05 Å². The van der Waals surface area contributed by atoms with E-state index in [0.29, 0.717) is 18.4 Å². The van der Waals surface area contributed by atoms with Crippen molar-refractivity contribution in [1.29, 1.82) is 0 Å². The molecule has 1 aliphatic rings. The van der Waals surface area contributed by atoms with Crippen LogP contribution in [0.3, 0.4) is 0 Å². The van der Waals surface area contributed by atoms with Crippen molar-refractivity contribution in [1.82, 2.24) is 24.2 Å². The van der Waals surface area contributed by atoms with Crippen molar-refractivity contribution in [3.05, 3.63) is 50.9 Å². The molecular formula is C21H32N6O2. The van der Waals surface area contributed by atoms with E-state index >= 15 is 0 Å². The first-order chi connectivity index (χ1) is 13.7. The van der Waals surface area contributed by atoms with Crippen LogP contribution in [0.25, 0.3) is 0 Å². The quantitative estimate of drug-likeness (QED) is 0.793. The fraction of sp³-hybridized carbons (Fsp3) is 0.619. The number of piperidine rings is 1. The van der Waals surface area contributed by atoms with E-state index in [4.69, 9.17) is 0 Å².